The van der Waals surface area contributed by atoms with E-state index in [4.69, 9.17) is 21.3 Å². The summed E-state index contributed by atoms with van der Waals surface area (Å²) >= 11 is 6.29. The Bertz CT molecular complexity index is 1340. The SMILES string of the molecule is CCN1C(=O)C(C)(C)c2cc3nc(-c4cc(Cl)nc5ccc(OC)cc45)[nH]c3cc21. The minimum Gasteiger partial charge on any atom is -0.497 e. The molecule has 0 saturated heterocycles. The Labute approximate surface area is 178 Å². The number of rotatable bonds is 3. The number of ether oxygens (including phenoxy) is 1. The van der Waals surface area contributed by atoms with Crippen LogP contribution in [0.1, 0.15) is 26.3 Å². The summed E-state index contributed by atoms with van der Waals surface area (Å²) in [6.07, 6.45) is 0. The third-order valence-electron chi connectivity index (χ3n) is 5.90. The molecule has 3 heterocycles. The highest BCUT2D eigenvalue weighted by Crippen LogP contribution is 2.43. The molecule has 0 spiro atoms. The van der Waals surface area contributed by atoms with Crippen LogP contribution < -0.4 is 9.64 Å². The van der Waals surface area contributed by atoms with E-state index in [1.807, 2.05) is 56.0 Å². The molecule has 0 atom stereocenters. The molecule has 6 nitrogen and oxygen atoms in total. The van der Waals surface area contributed by atoms with E-state index in [1.54, 1.807) is 13.2 Å². The molecule has 0 bridgehead atoms. The third kappa shape index (κ3) is 2.60. The molecule has 4 aromatic rings. The number of carbonyl (C=O) groups is 1. The number of methoxy groups -OCH3 is 1. The molecule has 0 unspecified atom stereocenters. The number of H-pyrrole nitrogens is 1. The fourth-order valence-corrected chi connectivity index (χ4v) is 4.47. The quantitative estimate of drug-likeness (QED) is 0.469. The second-order valence-corrected chi connectivity index (χ2v) is 8.41. The van der Waals surface area contributed by atoms with Gasteiger partial charge in [0.1, 0.15) is 16.7 Å². The summed E-state index contributed by atoms with van der Waals surface area (Å²) in [5.74, 6) is 1.55. The fourth-order valence-electron chi connectivity index (χ4n) is 4.27. The summed E-state index contributed by atoms with van der Waals surface area (Å²) in [4.78, 5) is 27.3. The van der Waals surface area contributed by atoms with Gasteiger partial charge in [-0.2, -0.15) is 0 Å². The third-order valence-corrected chi connectivity index (χ3v) is 6.09. The van der Waals surface area contributed by atoms with Gasteiger partial charge in [0.15, 0.2) is 0 Å². The van der Waals surface area contributed by atoms with Gasteiger partial charge in [-0.1, -0.05) is 11.6 Å². The number of benzene rings is 2. The number of pyridine rings is 1. The maximum absolute atomic E-state index is 12.8. The molecule has 0 radical (unpaired) electrons. The van der Waals surface area contributed by atoms with Crippen LogP contribution >= 0.6 is 11.6 Å². The van der Waals surface area contributed by atoms with Crippen molar-refractivity contribution in [2.24, 2.45) is 0 Å². The predicted molar refractivity (Wildman–Crippen MR) is 119 cm³/mol. The van der Waals surface area contributed by atoms with Crippen LogP contribution in [-0.4, -0.2) is 34.5 Å². The number of anilines is 1. The predicted octanol–water partition coefficient (Wildman–Crippen LogP) is 5.08. The van der Waals surface area contributed by atoms with Crippen LogP contribution in [0.3, 0.4) is 0 Å². The van der Waals surface area contributed by atoms with Gasteiger partial charge in [-0.3, -0.25) is 4.79 Å². The number of aromatic nitrogens is 3. The van der Waals surface area contributed by atoms with Crippen LogP contribution in [0.2, 0.25) is 5.15 Å². The van der Waals surface area contributed by atoms with E-state index >= 15 is 0 Å². The van der Waals surface area contributed by atoms with Gasteiger partial charge in [0.25, 0.3) is 0 Å². The number of aromatic amines is 1. The van der Waals surface area contributed by atoms with Crippen LogP contribution in [0.5, 0.6) is 5.75 Å². The highest BCUT2D eigenvalue weighted by atomic mass is 35.5. The van der Waals surface area contributed by atoms with E-state index in [0.29, 0.717) is 17.5 Å². The zero-order valence-electron chi connectivity index (χ0n) is 17.2. The van der Waals surface area contributed by atoms with Gasteiger partial charge >= 0.3 is 0 Å². The number of hydrogen-bond donors (Lipinski definition) is 1. The number of hydrogen-bond acceptors (Lipinski definition) is 4. The lowest BCUT2D eigenvalue weighted by Gasteiger charge is -2.18. The number of nitrogens with one attached hydrogen (secondary N) is 1. The minimum atomic E-state index is -0.571. The number of fused-ring (bicyclic) bond motifs is 3. The van der Waals surface area contributed by atoms with Gasteiger partial charge in [0.05, 0.1) is 34.8 Å². The number of imidazole rings is 1. The Balaban J connectivity index is 1.74. The lowest BCUT2D eigenvalue weighted by atomic mass is 9.86. The first-order valence-corrected chi connectivity index (χ1v) is 10.2. The molecule has 7 heteroatoms. The van der Waals surface area contributed by atoms with E-state index < -0.39 is 5.41 Å². The normalized spacial score (nSPS) is 15.2. The maximum atomic E-state index is 12.8. The molecule has 0 fully saturated rings. The zero-order valence-corrected chi connectivity index (χ0v) is 18.0. The first-order valence-electron chi connectivity index (χ1n) is 9.84. The summed E-state index contributed by atoms with van der Waals surface area (Å²) in [5.41, 5.74) is 4.67. The van der Waals surface area contributed by atoms with Crippen LogP contribution in [0.25, 0.3) is 33.3 Å². The second-order valence-electron chi connectivity index (χ2n) is 8.02. The van der Waals surface area contributed by atoms with Crippen molar-refractivity contribution in [1.29, 1.82) is 0 Å². The summed E-state index contributed by atoms with van der Waals surface area (Å²) in [6, 6.07) is 11.5. The lowest BCUT2D eigenvalue weighted by Crippen LogP contribution is -2.35. The maximum Gasteiger partial charge on any atom is 0.237 e. The fraction of sp³-hybridized carbons (Fsp3) is 0.261. The van der Waals surface area contributed by atoms with E-state index in [1.165, 1.54) is 0 Å². The molecule has 1 aliphatic rings. The average Bonchev–Trinajstić information content (AvgIpc) is 3.22. The molecular weight excluding hydrogens is 400 g/mol. The molecule has 1 amide bonds. The summed E-state index contributed by atoms with van der Waals surface area (Å²) in [7, 11) is 1.63. The zero-order chi connectivity index (χ0) is 21.2. The number of carbonyl (C=O) groups excluding carboxylic acids is 1. The lowest BCUT2D eigenvalue weighted by molar-refractivity contribution is -0.122. The summed E-state index contributed by atoms with van der Waals surface area (Å²) < 4.78 is 5.38. The molecule has 152 valence electrons. The van der Waals surface area contributed by atoms with Gasteiger partial charge in [0.2, 0.25) is 5.91 Å². The van der Waals surface area contributed by atoms with Crippen molar-refractivity contribution >= 4 is 45.1 Å². The molecule has 2 aromatic heterocycles. The monoisotopic (exact) mass is 420 g/mol. The molecule has 1 N–H and O–H groups in total. The van der Waals surface area contributed by atoms with Gasteiger partial charge in [-0.15, -0.1) is 0 Å². The van der Waals surface area contributed by atoms with Crippen LogP contribution in [-0.2, 0) is 10.2 Å². The Morgan fingerprint density at radius 1 is 1.13 bits per heavy atom. The summed E-state index contributed by atoms with van der Waals surface area (Å²) in [6.45, 7) is 6.55. The number of likely N-dealkylation sites (N-methyl/N-ethyl adjacent to an activating group) is 1. The number of amides is 1. The average molecular weight is 421 g/mol. The largest absolute Gasteiger partial charge is 0.497 e. The van der Waals surface area contributed by atoms with Crippen molar-refractivity contribution in [1.82, 2.24) is 15.0 Å². The van der Waals surface area contributed by atoms with Crippen molar-refractivity contribution in [3.8, 4) is 17.1 Å². The molecular formula is C23H21ClN4O2. The molecule has 5 rings (SSSR count). The minimum absolute atomic E-state index is 0.117. The van der Waals surface area contributed by atoms with Gasteiger partial charge in [-0.25, -0.2) is 9.97 Å². The van der Waals surface area contributed by atoms with Crippen LogP contribution in [0.4, 0.5) is 5.69 Å². The standard InChI is InChI=1S/C23H21ClN4O2/c1-5-28-19-11-18-17(10-15(19)23(2,3)22(28)29)26-21(27-18)14-9-20(24)25-16-7-6-12(30-4)8-13(14)16/h6-11H,5H2,1-4H3,(H,26,27). The van der Waals surface area contributed by atoms with Gasteiger partial charge in [-0.05, 0) is 62.7 Å². The molecule has 30 heavy (non-hydrogen) atoms. The van der Waals surface area contributed by atoms with Crippen molar-refractivity contribution in [3.05, 3.63) is 47.1 Å². The van der Waals surface area contributed by atoms with Crippen molar-refractivity contribution in [2.75, 3.05) is 18.6 Å². The molecule has 0 aliphatic carbocycles. The number of halogens is 1. The van der Waals surface area contributed by atoms with E-state index in [0.717, 1.165) is 44.5 Å². The Hall–Kier alpha value is -3.12. The van der Waals surface area contributed by atoms with E-state index in [2.05, 4.69) is 9.97 Å². The van der Waals surface area contributed by atoms with Gasteiger partial charge < -0.3 is 14.6 Å². The van der Waals surface area contributed by atoms with Crippen LogP contribution in [0, 0.1) is 0 Å². The summed E-state index contributed by atoms with van der Waals surface area (Å²) in [5, 5.41) is 1.30. The topological polar surface area (TPSA) is 71.1 Å². The molecule has 0 saturated carbocycles. The van der Waals surface area contributed by atoms with Crippen molar-refractivity contribution in [3.63, 3.8) is 0 Å². The van der Waals surface area contributed by atoms with Crippen molar-refractivity contribution < 1.29 is 9.53 Å². The van der Waals surface area contributed by atoms with Crippen molar-refractivity contribution in [2.45, 2.75) is 26.2 Å². The first-order chi connectivity index (χ1) is 14.3. The number of nitrogens with zero attached hydrogens (tertiary/aromatic N) is 3. The first kappa shape index (κ1) is 18.9. The molecule has 1 aliphatic heterocycles. The van der Waals surface area contributed by atoms with E-state index in [-0.39, 0.29) is 5.91 Å². The second kappa shape index (κ2) is 6.44. The highest BCUT2D eigenvalue weighted by molar-refractivity contribution is 6.30. The Kier molecular flexibility index (Phi) is 4.05. The highest BCUT2D eigenvalue weighted by Gasteiger charge is 2.43. The van der Waals surface area contributed by atoms with Gasteiger partial charge in [0, 0.05) is 17.5 Å². The smallest absolute Gasteiger partial charge is 0.237 e. The van der Waals surface area contributed by atoms with Crippen LogP contribution in [0.15, 0.2) is 36.4 Å². The van der Waals surface area contributed by atoms with E-state index in [9.17, 15) is 4.79 Å². The molecule has 2 aromatic carbocycles. The Morgan fingerprint density at radius 3 is 2.67 bits per heavy atom. The Morgan fingerprint density at radius 2 is 1.93 bits per heavy atom.